The van der Waals surface area contributed by atoms with Gasteiger partial charge in [0.05, 0.1) is 22.1 Å². The first-order valence-corrected chi connectivity index (χ1v) is 11.5. The lowest BCUT2D eigenvalue weighted by Crippen LogP contribution is -2.42. The Bertz CT molecular complexity index is 1340. The first-order valence-electron chi connectivity index (χ1n) is 10.8. The predicted octanol–water partition coefficient (Wildman–Crippen LogP) is 5.33. The van der Waals surface area contributed by atoms with Gasteiger partial charge >= 0.3 is 6.09 Å². The third-order valence-corrected chi connectivity index (χ3v) is 6.54. The van der Waals surface area contributed by atoms with Gasteiger partial charge in [-0.25, -0.2) is 14.2 Å². The van der Waals surface area contributed by atoms with E-state index in [0.717, 1.165) is 0 Å². The number of hydrogen-bond acceptors (Lipinski definition) is 5. The second-order valence-electron chi connectivity index (χ2n) is 9.44. The molecule has 10 heteroatoms. The Kier molecular flexibility index (Phi) is 6.25. The van der Waals surface area contributed by atoms with Crippen LogP contribution in [-0.2, 0) is 17.3 Å². The fourth-order valence-electron chi connectivity index (χ4n) is 4.14. The Balaban J connectivity index is 1.80. The number of likely N-dealkylation sites (tertiary alicyclic amines) is 1. The van der Waals surface area contributed by atoms with Crippen molar-refractivity contribution in [1.29, 1.82) is 0 Å². The summed E-state index contributed by atoms with van der Waals surface area (Å²) in [4.78, 5) is 31.4. The average molecular weight is 507 g/mol. The van der Waals surface area contributed by atoms with Crippen LogP contribution in [0.2, 0.25) is 10.0 Å². The lowest BCUT2D eigenvalue weighted by molar-refractivity contribution is 0.0286. The number of nitrogens with zero attached hydrogens (tertiary/aromatic N) is 3. The lowest BCUT2D eigenvalue weighted by atomic mass is 9.88. The molecule has 1 amide bonds. The number of fused-ring (bicyclic) bond motifs is 1. The molecule has 7 nitrogen and oxygen atoms in total. The molecule has 1 aromatic carbocycles. The number of halogens is 3. The molecule has 3 aromatic rings. The number of ether oxygens (including phenoxy) is 1. The highest BCUT2D eigenvalue weighted by Gasteiger charge is 2.46. The molecule has 0 bridgehead atoms. The Morgan fingerprint density at radius 2 is 1.94 bits per heavy atom. The number of carbonyl (C=O) groups excluding carboxylic acids is 1. The molecule has 0 unspecified atom stereocenters. The first-order chi connectivity index (χ1) is 15.9. The van der Waals surface area contributed by atoms with Crippen molar-refractivity contribution < 1.29 is 13.9 Å². The van der Waals surface area contributed by atoms with E-state index in [0.29, 0.717) is 24.2 Å². The van der Waals surface area contributed by atoms with Gasteiger partial charge in [0.25, 0.3) is 5.56 Å². The minimum absolute atomic E-state index is 0.0527. The number of carbonyl (C=O) groups is 1. The van der Waals surface area contributed by atoms with Crippen molar-refractivity contribution in [3.05, 3.63) is 68.3 Å². The molecule has 1 atom stereocenters. The van der Waals surface area contributed by atoms with E-state index in [4.69, 9.17) is 27.9 Å². The van der Waals surface area contributed by atoms with Crippen LogP contribution in [0, 0.1) is 5.82 Å². The van der Waals surface area contributed by atoms with Crippen molar-refractivity contribution in [2.24, 2.45) is 7.05 Å². The van der Waals surface area contributed by atoms with Crippen molar-refractivity contribution in [2.75, 3.05) is 18.4 Å². The molecule has 1 saturated heterocycles. The number of rotatable bonds is 3. The predicted molar refractivity (Wildman–Crippen MR) is 131 cm³/mol. The smallest absolute Gasteiger partial charge is 0.410 e. The van der Waals surface area contributed by atoms with Crippen molar-refractivity contribution in [2.45, 2.75) is 38.3 Å². The maximum Gasteiger partial charge on any atom is 0.410 e. The van der Waals surface area contributed by atoms with Gasteiger partial charge in [-0.2, -0.15) is 0 Å². The monoisotopic (exact) mass is 506 g/mol. The number of benzene rings is 1. The van der Waals surface area contributed by atoms with E-state index >= 15 is 4.39 Å². The second-order valence-corrected chi connectivity index (χ2v) is 10.2. The van der Waals surface area contributed by atoms with Crippen molar-refractivity contribution >= 4 is 46.0 Å². The van der Waals surface area contributed by atoms with Crippen LogP contribution in [0.1, 0.15) is 32.8 Å². The highest BCUT2D eigenvalue weighted by atomic mass is 35.5. The SMILES string of the molecule is Cn1ccc2ccc(N[C@]3(c4c(F)ccc(Cl)c4Cl)CCN(C(=O)OC(C)(C)C)C3)nc2c1=O. The molecule has 2 aromatic heterocycles. The van der Waals surface area contributed by atoms with E-state index in [1.54, 1.807) is 52.2 Å². The largest absolute Gasteiger partial charge is 0.444 e. The molecular formula is C24H25Cl2FN4O3. The second kappa shape index (κ2) is 8.74. The standard InChI is InChI=1S/C24H25Cl2FN4O3/c1-23(2,3)34-22(33)31-12-10-24(13-31,18-16(27)7-6-15(25)19(18)26)29-17-8-5-14-9-11-30(4)21(32)20(14)28-17/h5-9,11H,10,12-13H2,1-4H3,(H,28,29)/t24-/m1/s1. The average Bonchev–Trinajstić information content (AvgIpc) is 3.18. The molecule has 1 N–H and O–H groups in total. The van der Waals surface area contributed by atoms with E-state index in [1.165, 1.54) is 21.6 Å². The number of nitrogens with one attached hydrogen (secondary N) is 1. The summed E-state index contributed by atoms with van der Waals surface area (Å²) in [6.07, 6.45) is 1.46. The number of hydrogen-bond donors (Lipinski definition) is 1. The van der Waals surface area contributed by atoms with Crippen LogP contribution in [0.25, 0.3) is 10.9 Å². The summed E-state index contributed by atoms with van der Waals surface area (Å²) in [5.74, 6) is -0.220. The Morgan fingerprint density at radius 3 is 2.65 bits per heavy atom. The van der Waals surface area contributed by atoms with Gasteiger partial charge in [-0.3, -0.25) is 4.79 Å². The van der Waals surface area contributed by atoms with E-state index in [-0.39, 0.29) is 33.2 Å². The molecule has 1 aliphatic rings. The zero-order chi connectivity index (χ0) is 24.8. The van der Waals surface area contributed by atoms with E-state index in [1.807, 2.05) is 0 Å². The van der Waals surface area contributed by atoms with Crippen LogP contribution in [-0.4, -0.2) is 39.2 Å². The summed E-state index contributed by atoms with van der Waals surface area (Å²) >= 11 is 12.7. The Hall–Kier alpha value is -2.84. The molecule has 180 valence electrons. The number of aryl methyl sites for hydroxylation is 1. The molecule has 34 heavy (non-hydrogen) atoms. The quantitative estimate of drug-likeness (QED) is 0.486. The van der Waals surface area contributed by atoms with Crippen LogP contribution < -0.4 is 10.9 Å². The normalized spacial score (nSPS) is 18.4. The van der Waals surface area contributed by atoms with Gasteiger partial charge in [-0.1, -0.05) is 23.2 Å². The van der Waals surface area contributed by atoms with Gasteiger partial charge in [-0.15, -0.1) is 0 Å². The molecule has 1 aliphatic heterocycles. The zero-order valence-electron chi connectivity index (χ0n) is 19.3. The number of amides is 1. The van der Waals surface area contributed by atoms with Crippen LogP contribution in [0.4, 0.5) is 15.0 Å². The molecule has 0 saturated carbocycles. The summed E-state index contributed by atoms with van der Waals surface area (Å²) in [6, 6.07) is 7.88. The molecule has 4 rings (SSSR count). The van der Waals surface area contributed by atoms with Crippen LogP contribution >= 0.6 is 23.2 Å². The van der Waals surface area contributed by atoms with Crippen LogP contribution in [0.5, 0.6) is 0 Å². The third-order valence-electron chi connectivity index (χ3n) is 5.74. The minimum atomic E-state index is -1.15. The molecule has 0 aliphatic carbocycles. The molecule has 0 spiro atoms. The van der Waals surface area contributed by atoms with E-state index in [9.17, 15) is 9.59 Å². The topological polar surface area (TPSA) is 76.5 Å². The van der Waals surface area contributed by atoms with Crippen molar-refractivity contribution in [3.8, 4) is 0 Å². The fourth-order valence-corrected chi connectivity index (χ4v) is 4.64. The van der Waals surface area contributed by atoms with E-state index < -0.39 is 23.1 Å². The van der Waals surface area contributed by atoms with Gasteiger partial charge in [0.1, 0.15) is 22.8 Å². The number of aromatic nitrogens is 2. The Morgan fingerprint density at radius 1 is 1.21 bits per heavy atom. The molecule has 0 radical (unpaired) electrons. The highest BCUT2D eigenvalue weighted by Crippen LogP contribution is 2.43. The fraction of sp³-hybridized carbons (Fsp3) is 0.375. The van der Waals surface area contributed by atoms with Crippen molar-refractivity contribution in [3.63, 3.8) is 0 Å². The number of pyridine rings is 2. The molecule has 3 heterocycles. The van der Waals surface area contributed by atoms with Gasteiger partial charge in [0.15, 0.2) is 0 Å². The summed E-state index contributed by atoms with van der Waals surface area (Å²) in [5, 5.41) is 4.19. The minimum Gasteiger partial charge on any atom is -0.444 e. The molecular weight excluding hydrogens is 482 g/mol. The van der Waals surface area contributed by atoms with Gasteiger partial charge in [0, 0.05) is 30.7 Å². The molecule has 1 fully saturated rings. The summed E-state index contributed by atoms with van der Waals surface area (Å²) in [6.45, 7) is 5.68. The highest BCUT2D eigenvalue weighted by molar-refractivity contribution is 6.42. The lowest BCUT2D eigenvalue weighted by Gasteiger charge is -2.33. The summed E-state index contributed by atoms with van der Waals surface area (Å²) < 4.78 is 22.2. The van der Waals surface area contributed by atoms with Gasteiger partial charge in [0.2, 0.25) is 0 Å². The van der Waals surface area contributed by atoms with Gasteiger partial charge in [-0.05, 0) is 57.5 Å². The Labute approximate surface area is 206 Å². The van der Waals surface area contributed by atoms with Crippen LogP contribution in [0.15, 0.2) is 41.3 Å². The third kappa shape index (κ3) is 4.57. The maximum absolute atomic E-state index is 15.2. The van der Waals surface area contributed by atoms with E-state index in [2.05, 4.69) is 10.3 Å². The van der Waals surface area contributed by atoms with Crippen molar-refractivity contribution in [1.82, 2.24) is 14.5 Å². The van der Waals surface area contributed by atoms with Gasteiger partial charge < -0.3 is 19.5 Å². The maximum atomic E-state index is 15.2. The zero-order valence-corrected chi connectivity index (χ0v) is 20.8. The summed E-state index contributed by atoms with van der Waals surface area (Å²) in [5.41, 5.74) is -1.69. The van der Waals surface area contributed by atoms with Crippen LogP contribution in [0.3, 0.4) is 0 Å². The first kappa shape index (κ1) is 24.3. The number of anilines is 1. The summed E-state index contributed by atoms with van der Waals surface area (Å²) in [7, 11) is 1.64.